The molecule has 0 aliphatic carbocycles. The van der Waals surface area contributed by atoms with Crippen molar-refractivity contribution in [3.8, 4) is 0 Å². The van der Waals surface area contributed by atoms with Gasteiger partial charge in [-0.15, -0.1) is 11.3 Å². The second-order valence-corrected chi connectivity index (χ2v) is 9.45. The lowest BCUT2D eigenvalue weighted by Crippen LogP contribution is -2.30. The number of rotatable bonds is 5. The lowest BCUT2D eigenvalue weighted by atomic mass is 10.0. The van der Waals surface area contributed by atoms with Gasteiger partial charge in [-0.1, -0.05) is 6.92 Å². The van der Waals surface area contributed by atoms with Gasteiger partial charge in [-0.2, -0.15) is 0 Å². The molecule has 0 radical (unpaired) electrons. The van der Waals surface area contributed by atoms with Crippen LogP contribution in [0.2, 0.25) is 0 Å². The zero-order chi connectivity index (χ0) is 22.8. The van der Waals surface area contributed by atoms with Crippen LogP contribution < -0.4 is 16.4 Å². The molecule has 0 saturated carbocycles. The van der Waals surface area contributed by atoms with E-state index in [1.807, 2.05) is 0 Å². The molecule has 0 atom stereocenters. The van der Waals surface area contributed by atoms with Gasteiger partial charge >= 0.3 is 12.0 Å². The summed E-state index contributed by atoms with van der Waals surface area (Å²) < 4.78 is 5.33. The van der Waals surface area contributed by atoms with Gasteiger partial charge in [-0.3, -0.25) is 15.0 Å². The van der Waals surface area contributed by atoms with Gasteiger partial charge in [0.05, 0.1) is 11.1 Å². The zero-order valence-electron chi connectivity index (χ0n) is 18.2. The van der Waals surface area contributed by atoms with Gasteiger partial charge in [0.1, 0.15) is 10.6 Å². The van der Waals surface area contributed by atoms with Crippen molar-refractivity contribution in [1.82, 2.24) is 4.90 Å². The van der Waals surface area contributed by atoms with E-state index in [9.17, 15) is 14.4 Å². The molecule has 9 heteroatoms. The number of benzene rings is 1. The van der Waals surface area contributed by atoms with Crippen LogP contribution in [0.25, 0.3) is 0 Å². The first-order chi connectivity index (χ1) is 14.6. The summed E-state index contributed by atoms with van der Waals surface area (Å²) in [5.74, 6) is -0.973. The molecule has 1 aliphatic rings. The molecule has 2 heterocycles. The predicted octanol–water partition coefficient (Wildman–Crippen LogP) is 3.82. The van der Waals surface area contributed by atoms with Crippen LogP contribution in [0.15, 0.2) is 24.3 Å². The first-order valence-electron chi connectivity index (χ1n) is 10.2. The molecule has 1 aliphatic heterocycles. The van der Waals surface area contributed by atoms with Crippen LogP contribution in [-0.2, 0) is 17.7 Å². The Kier molecular flexibility index (Phi) is 6.66. The number of primary amides is 1. The van der Waals surface area contributed by atoms with Crippen molar-refractivity contribution in [2.45, 2.75) is 46.3 Å². The third kappa shape index (κ3) is 5.62. The number of amides is 3. The number of hydrogen-bond acceptors (Lipinski definition) is 6. The number of urea groups is 1. The van der Waals surface area contributed by atoms with E-state index in [4.69, 9.17) is 10.5 Å². The van der Waals surface area contributed by atoms with Crippen LogP contribution in [0.3, 0.4) is 0 Å². The van der Waals surface area contributed by atoms with Crippen LogP contribution in [0.1, 0.15) is 58.9 Å². The minimum atomic E-state index is -0.583. The molecule has 4 N–H and O–H groups in total. The summed E-state index contributed by atoms with van der Waals surface area (Å²) in [6.45, 7) is 10.0. The molecule has 8 nitrogen and oxygen atoms in total. The lowest BCUT2D eigenvalue weighted by Gasteiger charge is -2.25. The number of ether oxygens (including phenoxy) is 1. The Morgan fingerprint density at radius 1 is 1.16 bits per heavy atom. The van der Waals surface area contributed by atoms with Gasteiger partial charge in [-0.05, 0) is 63.6 Å². The fourth-order valence-corrected chi connectivity index (χ4v) is 4.66. The summed E-state index contributed by atoms with van der Waals surface area (Å²) in [4.78, 5) is 40.0. The topological polar surface area (TPSA) is 114 Å². The van der Waals surface area contributed by atoms with Gasteiger partial charge in [-0.25, -0.2) is 9.59 Å². The van der Waals surface area contributed by atoms with Crippen LogP contribution in [0.5, 0.6) is 0 Å². The number of carbonyl (C=O) groups excluding carboxylic acids is 3. The second kappa shape index (κ2) is 9.07. The first-order valence-corrected chi connectivity index (χ1v) is 11.0. The monoisotopic (exact) mass is 444 g/mol. The summed E-state index contributed by atoms with van der Waals surface area (Å²) >= 11 is 1.38. The van der Waals surface area contributed by atoms with E-state index in [0.717, 1.165) is 36.5 Å². The highest BCUT2D eigenvalue weighted by Crippen LogP contribution is 2.37. The van der Waals surface area contributed by atoms with Gasteiger partial charge < -0.3 is 15.8 Å². The molecule has 3 rings (SSSR count). The first kappa shape index (κ1) is 22.8. The van der Waals surface area contributed by atoms with Crippen molar-refractivity contribution in [2.75, 3.05) is 23.7 Å². The number of anilines is 2. The quantitative estimate of drug-likeness (QED) is 0.607. The van der Waals surface area contributed by atoms with E-state index in [2.05, 4.69) is 22.5 Å². The third-order valence-electron chi connectivity index (χ3n) is 4.83. The van der Waals surface area contributed by atoms with Crippen LogP contribution in [0.4, 0.5) is 15.5 Å². The Balaban J connectivity index is 1.69. The van der Waals surface area contributed by atoms with Crippen LogP contribution in [0, 0.1) is 0 Å². The smallest absolute Gasteiger partial charge is 0.338 e. The van der Waals surface area contributed by atoms with Crippen LogP contribution >= 0.6 is 11.3 Å². The molecule has 166 valence electrons. The van der Waals surface area contributed by atoms with E-state index in [1.54, 1.807) is 45.0 Å². The predicted molar refractivity (Wildman–Crippen MR) is 122 cm³/mol. The minimum Gasteiger partial charge on any atom is -0.456 e. The largest absolute Gasteiger partial charge is 0.456 e. The normalized spacial score (nSPS) is 13.9. The summed E-state index contributed by atoms with van der Waals surface area (Å²) in [5.41, 5.74) is 7.24. The number of nitrogens with two attached hydrogens (primary N) is 1. The summed E-state index contributed by atoms with van der Waals surface area (Å²) in [6.07, 6.45) is 0.730. The average molecular weight is 445 g/mol. The second-order valence-electron chi connectivity index (χ2n) is 8.35. The van der Waals surface area contributed by atoms with E-state index >= 15 is 0 Å². The van der Waals surface area contributed by atoms with E-state index < -0.39 is 23.5 Å². The van der Waals surface area contributed by atoms with Crippen molar-refractivity contribution >= 4 is 39.9 Å². The number of esters is 1. The van der Waals surface area contributed by atoms with Crippen LogP contribution in [-0.4, -0.2) is 41.5 Å². The highest BCUT2D eigenvalue weighted by Gasteiger charge is 2.27. The fraction of sp³-hybridized carbons (Fsp3) is 0.409. The molecular formula is C22H28N4O4S. The number of hydrogen-bond donors (Lipinski definition) is 3. The third-order valence-corrected chi connectivity index (χ3v) is 5.97. The fourth-order valence-electron chi connectivity index (χ4n) is 3.37. The summed E-state index contributed by atoms with van der Waals surface area (Å²) in [7, 11) is 0. The molecule has 0 saturated heterocycles. The van der Waals surface area contributed by atoms with E-state index in [1.165, 1.54) is 11.3 Å². The highest BCUT2D eigenvalue weighted by atomic mass is 32.1. The maximum atomic E-state index is 12.5. The van der Waals surface area contributed by atoms with Gasteiger partial charge in [0.2, 0.25) is 0 Å². The molecule has 3 amide bonds. The Bertz CT molecular complexity index is 992. The zero-order valence-corrected chi connectivity index (χ0v) is 19.0. The Morgan fingerprint density at radius 2 is 1.84 bits per heavy atom. The van der Waals surface area contributed by atoms with Crippen molar-refractivity contribution < 1.29 is 19.1 Å². The molecule has 31 heavy (non-hydrogen) atoms. The standard InChI is InChI=1S/C22H28N4O4S/c1-5-26-11-10-15-16(12-26)31-19(17(15)18(23)27)25-21(29)24-14-8-6-13(7-9-14)20(28)30-22(2,3)4/h6-9H,5,10-12H2,1-4H3,(H2,23,27)(H2,24,25,29). The summed E-state index contributed by atoms with van der Waals surface area (Å²) in [5, 5.41) is 5.93. The molecule has 1 aromatic carbocycles. The molecule has 0 bridgehead atoms. The Hall–Kier alpha value is -2.91. The average Bonchev–Trinajstić information content (AvgIpc) is 3.03. The van der Waals surface area contributed by atoms with Crippen molar-refractivity contribution in [3.63, 3.8) is 0 Å². The van der Waals surface area contributed by atoms with Gasteiger partial charge in [0, 0.05) is 23.7 Å². The number of fused-ring (bicyclic) bond motifs is 1. The maximum Gasteiger partial charge on any atom is 0.338 e. The lowest BCUT2D eigenvalue weighted by molar-refractivity contribution is 0.00694. The number of carbonyl (C=O) groups is 3. The number of nitrogens with zero attached hydrogens (tertiary/aromatic N) is 1. The molecule has 2 aromatic rings. The Labute approximate surface area is 185 Å². The molecule has 1 aromatic heterocycles. The van der Waals surface area contributed by atoms with E-state index in [-0.39, 0.29) is 0 Å². The number of nitrogens with one attached hydrogen (secondary N) is 2. The van der Waals surface area contributed by atoms with Crippen molar-refractivity contribution in [2.24, 2.45) is 5.73 Å². The number of thiophene rings is 1. The molecular weight excluding hydrogens is 416 g/mol. The maximum absolute atomic E-state index is 12.5. The molecule has 0 fully saturated rings. The Morgan fingerprint density at radius 3 is 2.42 bits per heavy atom. The molecule has 0 unspecified atom stereocenters. The molecule has 0 spiro atoms. The highest BCUT2D eigenvalue weighted by molar-refractivity contribution is 7.17. The van der Waals surface area contributed by atoms with Gasteiger partial charge in [0.25, 0.3) is 5.91 Å². The minimum absolute atomic E-state index is 0.392. The van der Waals surface area contributed by atoms with Gasteiger partial charge in [0.15, 0.2) is 0 Å². The number of likely N-dealkylation sites (N-methyl/N-ethyl adjacent to an activating group) is 1. The summed E-state index contributed by atoms with van der Waals surface area (Å²) in [6, 6.07) is 5.92. The van der Waals surface area contributed by atoms with Crippen molar-refractivity contribution in [1.29, 1.82) is 0 Å². The SMILES string of the molecule is CCN1CCc2c(sc(NC(=O)Nc3ccc(C(=O)OC(C)(C)C)cc3)c2C(N)=O)C1. The van der Waals surface area contributed by atoms with E-state index in [0.29, 0.717) is 21.8 Å². The van der Waals surface area contributed by atoms with Crippen molar-refractivity contribution in [3.05, 3.63) is 45.8 Å².